The molecule has 0 saturated carbocycles. The average molecular weight is 331 g/mol. The van der Waals surface area contributed by atoms with Crippen LogP contribution in [0.5, 0.6) is 0 Å². The van der Waals surface area contributed by atoms with Gasteiger partial charge in [-0.15, -0.1) is 0 Å². The summed E-state index contributed by atoms with van der Waals surface area (Å²) in [7, 11) is 0. The SMILES string of the molecule is Cc1cscc1C(=O)Cc1c(F)ccc(Br)c1F. The molecule has 0 aliphatic rings. The van der Waals surface area contributed by atoms with Gasteiger partial charge in [0.05, 0.1) is 4.47 Å². The Labute approximate surface area is 116 Å². The summed E-state index contributed by atoms with van der Waals surface area (Å²) >= 11 is 4.38. The maximum Gasteiger partial charge on any atom is 0.168 e. The van der Waals surface area contributed by atoms with Crippen molar-refractivity contribution in [1.82, 2.24) is 0 Å². The number of Topliss-reactive ketones (excluding diaryl/α,β-unsaturated/α-hetero) is 1. The van der Waals surface area contributed by atoms with Crippen LogP contribution in [0.3, 0.4) is 0 Å². The highest BCUT2D eigenvalue weighted by Gasteiger charge is 2.18. The van der Waals surface area contributed by atoms with Crippen molar-refractivity contribution in [3.8, 4) is 0 Å². The third-order valence-corrected chi connectivity index (χ3v) is 4.11. The van der Waals surface area contributed by atoms with Gasteiger partial charge in [-0.1, -0.05) is 0 Å². The number of halogens is 3. The first-order valence-electron chi connectivity index (χ1n) is 5.19. The van der Waals surface area contributed by atoms with Crippen molar-refractivity contribution in [2.24, 2.45) is 0 Å². The average Bonchev–Trinajstić information content (AvgIpc) is 2.76. The Morgan fingerprint density at radius 1 is 1.33 bits per heavy atom. The maximum atomic E-state index is 13.7. The van der Waals surface area contributed by atoms with Crippen LogP contribution in [0.1, 0.15) is 21.5 Å². The molecule has 0 atom stereocenters. The van der Waals surface area contributed by atoms with Crippen molar-refractivity contribution >= 4 is 33.0 Å². The number of thiophene rings is 1. The number of carbonyl (C=O) groups excluding carboxylic acids is 1. The number of hydrogen-bond donors (Lipinski definition) is 0. The summed E-state index contributed by atoms with van der Waals surface area (Å²) in [5, 5.41) is 3.53. The normalized spacial score (nSPS) is 10.7. The lowest BCUT2D eigenvalue weighted by Crippen LogP contribution is -2.08. The molecule has 5 heteroatoms. The highest BCUT2D eigenvalue weighted by atomic mass is 79.9. The molecule has 94 valence electrons. The molecule has 1 aromatic carbocycles. The van der Waals surface area contributed by atoms with E-state index in [-0.39, 0.29) is 22.2 Å². The molecular weight excluding hydrogens is 322 g/mol. The van der Waals surface area contributed by atoms with Crippen molar-refractivity contribution in [2.75, 3.05) is 0 Å². The van der Waals surface area contributed by atoms with Crippen molar-refractivity contribution in [3.63, 3.8) is 0 Å². The Balaban J connectivity index is 2.33. The van der Waals surface area contributed by atoms with Crippen LogP contribution in [0.15, 0.2) is 27.4 Å². The van der Waals surface area contributed by atoms with Crippen LogP contribution < -0.4 is 0 Å². The second-order valence-electron chi connectivity index (χ2n) is 3.89. The molecule has 2 aromatic rings. The predicted octanol–water partition coefficient (Wildman–Crippen LogP) is 4.52. The number of carbonyl (C=O) groups is 1. The van der Waals surface area contributed by atoms with Crippen LogP contribution in [-0.2, 0) is 6.42 Å². The topological polar surface area (TPSA) is 17.1 Å². The molecular formula is C13H9BrF2OS. The van der Waals surface area contributed by atoms with E-state index in [0.29, 0.717) is 5.56 Å². The summed E-state index contributed by atoms with van der Waals surface area (Å²) in [6, 6.07) is 2.44. The van der Waals surface area contributed by atoms with Crippen LogP contribution in [0.4, 0.5) is 8.78 Å². The lowest BCUT2D eigenvalue weighted by atomic mass is 10.0. The Morgan fingerprint density at radius 3 is 2.67 bits per heavy atom. The Kier molecular flexibility index (Phi) is 3.92. The quantitative estimate of drug-likeness (QED) is 0.597. The summed E-state index contributed by atoms with van der Waals surface area (Å²) in [5.74, 6) is -1.68. The minimum Gasteiger partial charge on any atom is -0.294 e. The zero-order valence-electron chi connectivity index (χ0n) is 9.47. The molecule has 1 heterocycles. The van der Waals surface area contributed by atoms with E-state index in [2.05, 4.69) is 15.9 Å². The Bertz CT molecular complexity index is 607. The molecule has 0 spiro atoms. The number of benzene rings is 1. The first kappa shape index (κ1) is 13.4. The van der Waals surface area contributed by atoms with E-state index in [0.717, 1.165) is 11.6 Å². The number of ketones is 1. The molecule has 0 radical (unpaired) electrons. The van der Waals surface area contributed by atoms with Gasteiger partial charge in [0.1, 0.15) is 11.6 Å². The fourth-order valence-corrected chi connectivity index (χ4v) is 2.86. The third kappa shape index (κ3) is 2.52. The van der Waals surface area contributed by atoms with Crippen molar-refractivity contribution in [3.05, 3.63) is 55.7 Å². The summed E-state index contributed by atoms with van der Waals surface area (Å²) < 4.78 is 27.4. The Morgan fingerprint density at radius 2 is 2.06 bits per heavy atom. The minimum atomic E-state index is -0.712. The minimum absolute atomic E-state index is 0.161. The van der Waals surface area contributed by atoms with E-state index < -0.39 is 11.6 Å². The van der Waals surface area contributed by atoms with Gasteiger partial charge in [0, 0.05) is 22.9 Å². The zero-order valence-corrected chi connectivity index (χ0v) is 11.9. The summed E-state index contributed by atoms with van der Waals surface area (Å²) in [6.45, 7) is 1.80. The number of hydrogen-bond acceptors (Lipinski definition) is 2. The predicted molar refractivity (Wildman–Crippen MR) is 71.1 cm³/mol. The largest absolute Gasteiger partial charge is 0.294 e. The smallest absolute Gasteiger partial charge is 0.168 e. The molecule has 0 fully saturated rings. The van der Waals surface area contributed by atoms with Crippen molar-refractivity contribution in [2.45, 2.75) is 13.3 Å². The molecule has 1 aromatic heterocycles. The van der Waals surface area contributed by atoms with Gasteiger partial charge in [-0.3, -0.25) is 4.79 Å². The molecule has 0 aliphatic carbocycles. The lowest BCUT2D eigenvalue weighted by molar-refractivity contribution is 0.0990. The molecule has 0 saturated heterocycles. The second-order valence-corrected chi connectivity index (χ2v) is 5.49. The number of rotatable bonds is 3. The molecule has 18 heavy (non-hydrogen) atoms. The van der Waals surface area contributed by atoms with Gasteiger partial charge in [-0.25, -0.2) is 8.78 Å². The van der Waals surface area contributed by atoms with Crippen LogP contribution in [0.25, 0.3) is 0 Å². The highest BCUT2D eigenvalue weighted by Crippen LogP contribution is 2.24. The zero-order chi connectivity index (χ0) is 13.3. The van der Waals surface area contributed by atoms with Gasteiger partial charge in [-0.2, -0.15) is 11.3 Å². The second kappa shape index (κ2) is 5.28. The van der Waals surface area contributed by atoms with Crippen LogP contribution in [0, 0.1) is 18.6 Å². The monoisotopic (exact) mass is 330 g/mol. The first-order valence-corrected chi connectivity index (χ1v) is 6.92. The Hall–Kier alpha value is -1.07. The van der Waals surface area contributed by atoms with E-state index in [1.165, 1.54) is 17.4 Å². The summed E-state index contributed by atoms with van der Waals surface area (Å²) in [5.41, 5.74) is 1.17. The molecule has 0 bridgehead atoms. The van der Waals surface area contributed by atoms with E-state index in [9.17, 15) is 13.6 Å². The summed E-state index contributed by atoms with van der Waals surface area (Å²) in [4.78, 5) is 12.0. The van der Waals surface area contributed by atoms with Gasteiger partial charge >= 0.3 is 0 Å². The van der Waals surface area contributed by atoms with Crippen molar-refractivity contribution in [1.29, 1.82) is 0 Å². The van der Waals surface area contributed by atoms with Gasteiger partial charge < -0.3 is 0 Å². The van der Waals surface area contributed by atoms with Crippen LogP contribution in [0.2, 0.25) is 0 Å². The van der Waals surface area contributed by atoms with Gasteiger partial charge in [0.15, 0.2) is 5.78 Å². The summed E-state index contributed by atoms with van der Waals surface area (Å²) in [6.07, 6.45) is -0.269. The highest BCUT2D eigenvalue weighted by molar-refractivity contribution is 9.10. The number of aryl methyl sites for hydroxylation is 1. The fraction of sp³-hybridized carbons (Fsp3) is 0.154. The third-order valence-electron chi connectivity index (χ3n) is 2.63. The molecule has 0 aliphatic heterocycles. The van der Waals surface area contributed by atoms with E-state index in [4.69, 9.17) is 0 Å². The van der Waals surface area contributed by atoms with E-state index in [1.807, 2.05) is 5.38 Å². The maximum absolute atomic E-state index is 13.7. The van der Waals surface area contributed by atoms with Crippen molar-refractivity contribution < 1.29 is 13.6 Å². The molecule has 0 unspecified atom stereocenters. The fourth-order valence-electron chi connectivity index (χ4n) is 1.63. The van der Waals surface area contributed by atoms with E-state index >= 15 is 0 Å². The van der Waals surface area contributed by atoms with Gasteiger partial charge in [-0.05, 0) is 45.9 Å². The van der Waals surface area contributed by atoms with E-state index in [1.54, 1.807) is 12.3 Å². The van der Waals surface area contributed by atoms with Crippen LogP contribution >= 0.6 is 27.3 Å². The van der Waals surface area contributed by atoms with Gasteiger partial charge in [0.25, 0.3) is 0 Å². The molecule has 1 nitrogen and oxygen atoms in total. The molecule has 2 rings (SSSR count). The lowest BCUT2D eigenvalue weighted by Gasteiger charge is -2.06. The molecule has 0 N–H and O–H groups in total. The van der Waals surface area contributed by atoms with Gasteiger partial charge in [0.2, 0.25) is 0 Å². The first-order chi connectivity index (χ1) is 8.50. The van der Waals surface area contributed by atoms with Crippen LogP contribution in [-0.4, -0.2) is 5.78 Å². The standard InChI is InChI=1S/C13H9BrF2OS/c1-7-5-18-6-9(7)12(17)4-8-11(15)3-2-10(14)13(8)16/h2-3,5-6H,4H2,1H3. The molecule has 0 amide bonds.